The number of rotatable bonds is 8. The van der Waals surface area contributed by atoms with E-state index in [-0.39, 0.29) is 25.4 Å². The van der Waals surface area contributed by atoms with Gasteiger partial charge < -0.3 is 5.11 Å². The molecule has 0 heterocycles. The van der Waals surface area contributed by atoms with Crippen LogP contribution in [0.1, 0.15) is 11.1 Å². The lowest BCUT2D eigenvalue weighted by Gasteiger charge is -2.19. The summed E-state index contributed by atoms with van der Waals surface area (Å²) in [6.45, 7) is 7.60. The molecule has 0 bridgehead atoms. The summed E-state index contributed by atoms with van der Waals surface area (Å²) in [5, 5.41) is 8.94. The van der Waals surface area contributed by atoms with Crippen molar-refractivity contribution in [2.75, 3.05) is 13.1 Å². The molecule has 0 unspecified atom stereocenters. The maximum atomic E-state index is 12.2. The van der Waals surface area contributed by atoms with Crippen molar-refractivity contribution in [1.29, 1.82) is 0 Å². The third-order valence-corrected chi connectivity index (χ3v) is 4.40. The first-order valence-electron chi connectivity index (χ1n) is 5.91. The molecule has 5 heteroatoms. The van der Waals surface area contributed by atoms with Gasteiger partial charge in [-0.05, 0) is 11.1 Å². The summed E-state index contributed by atoms with van der Waals surface area (Å²) in [4.78, 5) is 0. The van der Waals surface area contributed by atoms with E-state index in [1.165, 1.54) is 4.31 Å². The van der Waals surface area contributed by atoms with Crippen LogP contribution in [0.4, 0.5) is 0 Å². The Morgan fingerprint density at radius 3 is 1.95 bits per heavy atom. The summed E-state index contributed by atoms with van der Waals surface area (Å²) in [5.41, 5.74) is 1.45. The molecule has 0 saturated carbocycles. The van der Waals surface area contributed by atoms with E-state index in [0.29, 0.717) is 5.56 Å². The minimum absolute atomic E-state index is 0.0495. The van der Waals surface area contributed by atoms with Crippen LogP contribution in [0.5, 0.6) is 0 Å². The normalized spacial score (nSPS) is 11.5. The highest BCUT2D eigenvalue weighted by atomic mass is 32.2. The van der Waals surface area contributed by atoms with Gasteiger partial charge in [0.25, 0.3) is 0 Å². The van der Waals surface area contributed by atoms with Gasteiger partial charge in [0.05, 0.1) is 12.4 Å². The van der Waals surface area contributed by atoms with E-state index >= 15 is 0 Å². The molecule has 1 aromatic carbocycles. The SMILES string of the molecule is C=CCN(CC=C)S(=O)(=O)Cc1ccc(CO)cc1. The molecule has 0 spiro atoms. The van der Waals surface area contributed by atoms with Crippen LogP contribution in [0.25, 0.3) is 0 Å². The summed E-state index contributed by atoms with van der Waals surface area (Å²) >= 11 is 0. The molecule has 1 aromatic rings. The van der Waals surface area contributed by atoms with Crippen molar-refractivity contribution in [2.24, 2.45) is 0 Å². The van der Waals surface area contributed by atoms with Crippen LogP contribution in [0, 0.1) is 0 Å². The van der Waals surface area contributed by atoms with E-state index in [1.54, 1.807) is 36.4 Å². The zero-order valence-electron chi connectivity index (χ0n) is 10.8. The van der Waals surface area contributed by atoms with E-state index in [4.69, 9.17) is 5.11 Å². The highest BCUT2D eigenvalue weighted by Gasteiger charge is 2.20. The molecule has 104 valence electrons. The number of hydrogen-bond donors (Lipinski definition) is 1. The minimum atomic E-state index is -3.39. The Morgan fingerprint density at radius 2 is 1.53 bits per heavy atom. The second-order valence-electron chi connectivity index (χ2n) is 4.13. The number of hydrogen-bond acceptors (Lipinski definition) is 3. The molecule has 0 aliphatic heterocycles. The second kappa shape index (κ2) is 7.23. The maximum Gasteiger partial charge on any atom is 0.218 e. The average Bonchev–Trinajstić information content (AvgIpc) is 2.39. The summed E-state index contributed by atoms with van der Waals surface area (Å²) in [5.74, 6) is -0.0691. The third kappa shape index (κ3) is 4.63. The van der Waals surface area contributed by atoms with Gasteiger partial charge in [-0.2, -0.15) is 4.31 Å². The number of benzene rings is 1. The van der Waals surface area contributed by atoms with Crippen molar-refractivity contribution < 1.29 is 13.5 Å². The largest absolute Gasteiger partial charge is 0.392 e. The Morgan fingerprint density at radius 1 is 1.05 bits per heavy atom. The van der Waals surface area contributed by atoms with Gasteiger partial charge in [0, 0.05) is 13.1 Å². The van der Waals surface area contributed by atoms with Crippen LogP contribution in [0.3, 0.4) is 0 Å². The van der Waals surface area contributed by atoms with Crippen molar-refractivity contribution in [3.8, 4) is 0 Å². The van der Waals surface area contributed by atoms with Crippen LogP contribution in [-0.2, 0) is 22.4 Å². The van der Waals surface area contributed by atoms with E-state index < -0.39 is 10.0 Å². The van der Waals surface area contributed by atoms with Crippen LogP contribution >= 0.6 is 0 Å². The highest BCUT2D eigenvalue weighted by Crippen LogP contribution is 2.12. The number of aliphatic hydroxyl groups excluding tert-OH is 1. The molecular weight excluding hydrogens is 262 g/mol. The van der Waals surface area contributed by atoms with Crippen LogP contribution in [0.2, 0.25) is 0 Å². The lowest BCUT2D eigenvalue weighted by molar-refractivity contribution is 0.282. The number of sulfonamides is 1. The summed E-state index contributed by atoms with van der Waals surface area (Å²) < 4.78 is 25.8. The number of nitrogens with zero attached hydrogens (tertiary/aromatic N) is 1. The summed E-state index contributed by atoms with van der Waals surface area (Å²) in [6.07, 6.45) is 3.10. The minimum Gasteiger partial charge on any atom is -0.392 e. The fraction of sp³-hybridized carbons (Fsp3) is 0.286. The molecule has 1 N–H and O–H groups in total. The first-order valence-corrected chi connectivity index (χ1v) is 7.52. The van der Waals surface area contributed by atoms with Gasteiger partial charge in [0.1, 0.15) is 0 Å². The van der Waals surface area contributed by atoms with Gasteiger partial charge in [0.15, 0.2) is 0 Å². The highest BCUT2D eigenvalue weighted by molar-refractivity contribution is 7.88. The van der Waals surface area contributed by atoms with E-state index in [9.17, 15) is 8.42 Å². The molecule has 0 amide bonds. The molecular formula is C14H19NO3S. The fourth-order valence-electron chi connectivity index (χ4n) is 1.63. The topological polar surface area (TPSA) is 57.6 Å². The van der Waals surface area contributed by atoms with E-state index in [1.807, 2.05) is 0 Å². The molecule has 1 rings (SSSR count). The fourth-order valence-corrected chi connectivity index (χ4v) is 3.09. The van der Waals surface area contributed by atoms with Gasteiger partial charge >= 0.3 is 0 Å². The molecule has 0 aliphatic carbocycles. The molecule has 0 radical (unpaired) electrons. The first-order chi connectivity index (χ1) is 9.03. The van der Waals surface area contributed by atoms with E-state index in [2.05, 4.69) is 13.2 Å². The van der Waals surface area contributed by atoms with Crippen molar-refractivity contribution in [3.05, 3.63) is 60.7 Å². The summed E-state index contributed by atoms with van der Waals surface area (Å²) in [6, 6.07) is 6.86. The molecule has 0 saturated heterocycles. The molecule has 0 aliphatic rings. The van der Waals surface area contributed by atoms with Crippen LogP contribution in [-0.4, -0.2) is 30.9 Å². The number of aliphatic hydroxyl groups is 1. The third-order valence-electron chi connectivity index (χ3n) is 2.61. The van der Waals surface area contributed by atoms with E-state index in [0.717, 1.165) is 5.56 Å². The Labute approximate surface area is 114 Å². The Kier molecular flexibility index (Phi) is 5.95. The Bertz CT molecular complexity index is 510. The quantitative estimate of drug-likeness (QED) is 0.738. The van der Waals surface area contributed by atoms with Crippen LogP contribution in [0.15, 0.2) is 49.6 Å². The second-order valence-corrected chi connectivity index (χ2v) is 6.09. The monoisotopic (exact) mass is 281 g/mol. The van der Waals surface area contributed by atoms with Gasteiger partial charge in [-0.1, -0.05) is 36.4 Å². The van der Waals surface area contributed by atoms with Gasteiger partial charge in [-0.15, -0.1) is 13.2 Å². The molecule has 4 nitrogen and oxygen atoms in total. The molecule has 0 aromatic heterocycles. The Balaban J connectivity index is 2.86. The zero-order chi connectivity index (χ0) is 14.3. The molecule has 0 atom stereocenters. The van der Waals surface area contributed by atoms with Crippen molar-refractivity contribution in [1.82, 2.24) is 4.31 Å². The lowest BCUT2D eigenvalue weighted by Crippen LogP contribution is -2.32. The zero-order valence-corrected chi connectivity index (χ0v) is 11.6. The predicted molar refractivity (Wildman–Crippen MR) is 77.0 cm³/mol. The molecule has 0 fully saturated rings. The predicted octanol–water partition coefficient (Wildman–Crippen LogP) is 1.68. The van der Waals surface area contributed by atoms with Crippen molar-refractivity contribution in [3.63, 3.8) is 0 Å². The smallest absolute Gasteiger partial charge is 0.218 e. The van der Waals surface area contributed by atoms with Crippen molar-refractivity contribution >= 4 is 10.0 Å². The average molecular weight is 281 g/mol. The lowest BCUT2D eigenvalue weighted by atomic mass is 10.2. The maximum absolute atomic E-state index is 12.2. The van der Waals surface area contributed by atoms with Gasteiger partial charge in [0.2, 0.25) is 10.0 Å². The molecule has 19 heavy (non-hydrogen) atoms. The van der Waals surface area contributed by atoms with Crippen molar-refractivity contribution in [2.45, 2.75) is 12.4 Å². The summed E-state index contributed by atoms with van der Waals surface area (Å²) in [7, 11) is -3.39. The first kappa shape index (κ1) is 15.6. The standard InChI is InChI=1S/C14H19NO3S/c1-3-9-15(10-4-2)19(17,18)12-14-7-5-13(11-16)6-8-14/h3-8,16H,1-2,9-12H2. The van der Waals surface area contributed by atoms with Crippen LogP contribution < -0.4 is 0 Å². The Hall–Kier alpha value is -1.43. The van der Waals surface area contributed by atoms with Gasteiger partial charge in [-0.3, -0.25) is 0 Å². The van der Waals surface area contributed by atoms with Gasteiger partial charge in [-0.25, -0.2) is 8.42 Å².